The standard InChI is InChI=1S/C19H31N6O11PS/c1-11(2)34-19(27)31-10-33-37(28)32-7-14(16(36-37)12(3)26)35-13(4)25-9-22-15-17(20-8-21-18(15)25)24(5)23-38(6,29)30/h8-9,11-14,16,23,26H,7,10H2,1-6H3/t12?,13?,14?,16-,37?/m0/s1. The van der Waals surface area contributed by atoms with E-state index in [9.17, 15) is 22.9 Å². The Hall–Kier alpha value is -2.44. The lowest BCUT2D eigenvalue weighted by Crippen LogP contribution is -2.46. The monoisotopic (exact) mass is 582 g/mol. The number of nitrogens with zero attached hydrogens (tertiary/aromatic N) is 5. The number of carbonyl (C=O) groups is 1. The number of fused-ring (bicyclic) bond motifs is 1. The molecule has 1 fully saturated rings. The smallest absolute Gasteiger partial charge is 0.432 e. The van der Waals surface area contributed by atoms with E-state index in [1.165, 1.54) is 31.6 Å². The number of phosphoric ester groups is 1. The normalized spacial score (nSPS) is 23.8. The van der Waals surface area contributed by atoms with Crippen LogP contribution < -0.4 is 9.84 Å². The van der Waals surface area contributed by atoms with Crippen LogP contribution in [0, 0.1) is 0 Å². The molecule has 0 amide bonds. The fraction of sp³-hybridized carbons (Fsp3) is 0.684. The van der Waals surface area contributed by atoms with Crippen LogP contribution in [-0.4, -0.2) is 90.3 Å². The highest BCUT2D eigenvalue weighted by Crippen LogP contribution is 2.54. The first-order valence-electron chi connectivity index (χ1n) is 11.3. The molecule has 0 saturated carbocycles. The molecule has 2 N–H and O–H groups in total. The molecule has 0 aromatic carbocycles. The van der Waals surface area contributed by atoms with E-state index in [0.29, 0.717) is 11.2 Å². The van der Waals surface area contributed by atoms with E-state index < -0.39 is 61.4 Å². The maximum atomic E-state index is 12.8. The van der Waals surface area contributed by atoms with Gasteiger partial charge in [-0.3, -0.25) is 18.6 Å². The predicted octanol–water partition coefficient (Wildman–Crippen LogP) is 1.07. The van der Waals surface area contributed by atoms with Crippen LogP contribution in [0.1, 0.15) is 33.9 Å². The number of aliphatic hydroxyl groups excluding tert-OH is 1. The molecule has 2 aromatic heterocycles. The van der Waals surface area contributed by atoms with E-state index >= 15 is 0 Å². The van der Waals surface area contributed by atoms with Gasteiger partial charge >= 0.3 is 14.0 Å². The van der Waals surface area contributed by atoms with E-state index in [4.69, 9.17) is 23.0 Å². The number of hydrogen-bond acceptors (Lipinski definition) is 15. The third-order valence-corrected chi connectivity index (χ3v) is 6.93. The average Bonchev–Trinajstić information content (AvgIpc) is 3.23. The molecule has 3 rings (SSSR count). The van der Waals surface area contributed by atoms with E-state index in [-0.39, 0.29) is 12.4 Å². The second-order valence-corrected chi connectivity index (χ2v) is 11.9. The predicted molar refractivity (Wildman–Crippen MR) is 130 cm³/mol. The summed E-state index contributed by atoms with van der Waals surface area (Å²) in [4.78, 5) is 26.3. The molecule has 1 saturated heterocycles. The van der Waals surface area contributed by atoms with Gasteiger partial charge in [0.05, 0.1) is 31.4 Å². The molecule has 1 aliphatic rings. The maximum Gasteiger partial charge on any atom is 0.510 e. The SMILES string of the molecule is CC(C)OC(=O)OCOP1(=O)OCC(OC(C)n2cnc3c(N(C)NS(C)(=O)=O)ncnc32)[C@H](C(C)O)O1. The first kappa shape index (κ1) is 30.1. The van der Waals surface area contributed by atoms with Gasteiger partial charge in [-0.15, -0.1) is 4.83 Å². The zero-order chi connectivity index (χ0) is 28.3. The Morgan fingerprint density at radius 3 is 2.66 bits per heavy atom. The van der Waals surface area contributed by atoms with Crippen molar-refractivity contribution < 1.29 is 50.7 Å². The fourth-order valence-electron chi connectivity index (χ4n) is 3.42. The van der Waals surface area contributed by atoms with Crippen LogP contribution in [0.3, 0.4) is 0 Å². The van der Waals surface area contributed by atoms with Gasteiger partial charge in [0.2, 0.25) is 16.8 Å². The lowest BCUT2D eigenvalue weighted by Gasteiger charge is -2.37. The van der Waals surface area contributed by atoms with Gasteiger partial charge in [-0.1, -0.05) is 0 Å². The second kappa shape index (κ2) is 12.2. The summed E-state index contributed by atoms with van der Waals surface area (Å²) in [7, 11) is -6.31. The lowest BCUT2D eigenvalue weighted by molar-refractivity contribution is -0.163. The molecule has 214 valence electrons. The number of hydrazine groups is 1. The summed E-state index contributed by atoms with van der Waals surface area (Å²) in [5.41, 5.74) is 0.619. The molecule has 0 aliphatic carbocycles. The molecule has 0 spiro atoms. The molecule has 0 radical (unpaired) electrons. The Morgan fingerprint density at radius 1 is 1.32 bits per heavy atom. The summed E-state index contributed by atoms with van der Waals surface area (Å²) in [6.07, 6.45) is -1.72. The summed E-state index contributed by atoms with van der Waals surface area (Å²) < 4.78 is 68.7. The van der Waals surface area contributed by atoms with Crippen LogP contribution in [0.2, 0.25) is 0 Å². The van der Waals surface area contributed by atoms with Crippen LogP contribution in [0.5, 0.6) is 0 Å². The van der Waals surface area contributed by atoms with E-state index in [0.717, 1.165) is 6.26 Å². The highest BCUT2D eigenvalue weighted by Gasteiger charge is 2.45. The van der Waals surface area contributed by atoms with Crippen molar-refractivity contribution >= 4 is 41.0 Å². The van der Waals surface area contributed by atoms with Crippen LogP contribution >= 0.6 is 7.82 Å². The first-order chi connectivity index (χ1) is 17.7. The van der Waals surface area contributed by atoms with Gasteiger partial charge in [0.1, 0.15) is 24.8 Å². The molecule has 3 heterocycles. The Bertz CT molecular complexity index is 1270. The van der Waals surface area contributed by atoms with E-state index in [2.05, 4.69) is 24.5 Å². The number of aliphatic hydroxyl groups is 1. The molecule has 1 aliphatic heterocycles. The Labute approximate surface area is 219 Å². The minimum absolute atomic E-state index is 0.204. The van der Waals surface area contributed by atoms with Gasteiger partial charge in [-0.25, -0.2) is 37.3 Å². The van der Waals surface area contributed by atoms with Crippen molar-refractivity contribution in [3.05, 3.63) is 12.7 Å². The number of imidazole rings is 1. The van der Waals surface area contributed by atoms with Crippen molar-refractivity contribution in [1.82, 2.24) is 24.4 Å². The third-order valence-electron chi connectivity index (χ3n) is 4.93. The van der Waals surface area contributed by atoms with Gasteiger partial charge in [0.15, 0.2) is 17.0 Å². The van der Waals surface area contributed by atoms with Crippen molar-refractivity contribution in [2.75, 3.05) is 31.7 Å². The van der Waals surface area contributed by atoms with Crippen molar-refractivity contribution in [1.29, 1.82) is 0 Å². The number of anilines is 1. The minimum atomic E-state index is -4.20. The topological polar surface area (TPSA) is 203 Å². The van der Waals surface area contributed by atoms with Crippen LogP contribution in [0.25, 0.3) is 11.2 Å². The fourth-order valence-corrected chi connectivity index (χ4v) is 5.32. The molecular formula is C19H31N6O11PS. The van der Waals surface area contributed by atoms with Crippen LogP contribution in [0.15, 0.2) is 12.7 Å². The van der Waals surface area contributed by atoms with E-state index in [1.807, 2.05) is 0 Å². The summed E-state index contributed by atoms with van der Waals surface area (Å²) in [6.45, 7) is 5.27. The number of carbonyl (C=O) groups excluding carboxylic acids is 1. The number of aromatic nitrogens is 4. The molecule has 0 bridgehead atoms. The Kier molecular flexibility index (Phi) is 9.64. The molecule has 38 heavy (non-hydrogen) atoms. The Morgan fingerprint density at radius 2 is 2.03 bits per heavy atom. The molecular weight excluding hydrogens is 551 g/mol. The molecule has 19 heteroatoms. The highest BCUT2D eigenvalue weighted by atomic mass is 32.2. The van der Waals surface area contributed by atoms with Crippen molar-refractivity contribution in [2.45, 2.75) is 58.3 Å². The number of phosphoric acid groups is 1. The highest BCUT2D eigenvalue weighted by molar-refractivity contribution is 7.88. The van der Waals surface area contributed by atoms with Crippen LogP contribution in [-0.2, 0) is 42.4 Å². The summed E-state index contributed by atoms with van der Waals surface area (Å²) in [5, 5.41) is 11.4. The molecule has 4 unspecified atom stereocenters. The number of rotatable bonds is 11. The summed E-state index contributed by atoms with van der Waals surface area (Å²) in [6, 6.07) is 0. The summed E-state index contributed by atoms with van der Waals surface area (Å²) in [5.74, 6) is 0.204. The summed E-state index contributed by atoms with van der Waals surface area (Å²) >= 11 is 0. The van der Waals surface area contributed by atoms with Crippen LogP contribution in [0.4, 0.5) is 10.6 Å². The lowest BCUT2D eigenvalue weighted by atomic mass is 10.1. The first-order valence-corrected chi connectivity index (χ1v) is 14.7. The largest absolute Gasteiger partial charge is 0.510 e. The molecule has 5 atom stereocenters. The van der Waals surface area contributed by atoms with Gasteiger partial charge in [-0.05, 0) is 27.7 Å². The number of sulfonamides is 1. The zero-order valence-corrected chi connectivity index (χ0v) is 23.3. The Balaban J connectivity index is 1.69. The number of ether oxygens (including phenoxy) is 3. The second-order valence-electron chi connectivity index (χ2n) is 8.58. The number of nitrogens with one attached hydrogen (secondary N) is 1. The molecule has 17 nitrogen and oxygen atoms in total. The van der Waals surface area contributed by atoms with E-state index in [1.54, 1.807) is 25.3 Å². The van der Waals surface area contributed by atoms with Crippen molar-refractivity contribution in [2.24, 2.45) is 0 Å². The van der Waals surface area contributed by atoms with Crippen molar-refractivity contribution in [3.63, 3.8) is 0 Å². The average molecular weight is 583 g/mol. The number of hydrogen-bond donors (Lipinski definition) is 2. The quantitative estimate of drug-likeness (QED) is 0.165. The maximum absolute atomic E-state index is 12.8. The van der Waals surface area contributed by atoms with Gasteiger partial charge < -0.3 is 19.3 Å². The zero-order valence-electron chi connectivity index (χ0n) is 21.6. The van der Waals surface area contributed by atoms with Gasteiger partial charge in [0.25, 0.3) is 0 Å². The third kappa shape index (κ3) is 7.79. The van der Waals surface area contributed by atoms with Gasteiger partial charge in [0, 0.05) is 7.05 Å². The molecule has 2 aromatic rings. The van der Waals surface area contributed by atoms with Gasteiger partial charge in [-0.2, -0.15) is 0 Å². The van der Waals surface area contributed by atoms with Crippen molar-refractivity contribution in [3.8, 4) is 0 Å². The minimum Gasteiger partial charge on any atom is -0.432 e.